The molecule has 0 radical (unpaired) electrons. The number of nitrogens with two attached hydrogens (primary N) is 1. The number of benzene rings is 6. The van der Waals surface area contributed by atoms with E-state index < -0.39 is 5.41 Å². The summed E-state index contributed by atoms with van der Waals surface area (Å²) in [6, 6.07) is 57.7. The number of para-hydroxylation sites is 1. The lowest BCUT2D eigenvalue weighted by molar-refractivity contribution is 0.743. The van der Waals surface area contributed by atoms with Crippen molar-refractivity contribution in [2.24, 2.45) is 5.73 Å². The van der Waals surface area contributed by atoms with Crippen molar-refractivity contribution in [1.29, 1.82) is 0 Å². The molecule has 4 N–H and O–H groups in total. The molecule has 11 rings (SSSR count). The molecule has 10 aromatic rings. The first-order valence-corrected chi connectivity index (χ1v) is 18.8. The van der Waals surface area contributed by atoms with Gasteiger partial charge in [0.1, 0.15) is 5.65 Å². The zero-order chi connectivity index (χ0) is 36.7. The molecule has 0 saturated carbocycles. The summed E-state index contributed by atoms with van der Waals surface area (Å²) in [5, 5.41) is 3.69. The fourth-order valence-electron chi connectivity index (χ4n) is 9.58. The Morgan fingerprint density at radius 2 is 1.18 bits per heavy atom. The minimum absolute atomic E-state index is 0.470. The van der Waals surface area contributed by atoms with Gasteiger partial charge in [0, 0.05) is 62.4 Å². The van der Waals surface area contributed by atoms with E-state index in [1.807, 2.05) is 12.3 Å². The maximum absolute atomic E-state index is 5.80. The third-order valence-corrected chi connectivity index (χ3v) is 11.9. The second-order valence-corrected chi connectivity index (χ2v) is 14.5. The Morgan fingerprint density at radius 1 is 0.564 bits per heavy atom. The van der Waals surface area contributed by atoms with Crippen LogP contribution in [0.2, 0.25) is 0 Å². The molecule has 1 aliphatic carbocycles. The van der Waals surface area contributed by atoms with Crippen molar-refractivity contribution in [1.82, 2.24) is 19.1 Å². The predicted molar refractivity (Wildman–Crippen MR) is 227 cm³/mol. The van der Waals surface area contributed by atoms with E-state index in [1.54, 1.807) is 6.20 Å². The molecule has 4 aromatic heterocycles. The molecule has 0 spiro atoms. The first-order chi connectivity index (χ1) is 27.2. The van der Waals surface area contributed by atoms with Gasteiger partial charge in [0.25, 0.3) is 0 Å². The zero-order valence-electron chi connectivity index (χ0n) is 30.3. The maximum atomic E-state index is 5.80. The van der Waals surface area contributed by atoms with Crippen molar-refractivity contribution in [3.05, 3.63) is 210 Å². The Morgan fingerprint density at radius 3 is 1.85 bits per heavy atom. The lowest BCUT2D eigenvalue weighted by atomic mass is 9.69. The number of hydrogen-bond acceptors (Lipinski definition) is 1. The van der Waals surface area contributed by atoms with Gasteiger partial charge < -0.3 is 20.3 Å². The predicted octanol–water partition coefficient (Wildman–Crippen LogP) is 11.7. The number of aromatic amines is 2. The van der Waals surface area contributed by atoms with Gasteiger partial charge in [-0.1, -0.05) is 109 Å². The maximum Gasteiger partial charge on any atom is 0.122 e. The molecule has 0 unspecified atom stereocenters. The fourth-order valence-corrected chi connectivity index (χ4v) is 9.58. The topological polar surface area (TPSA) is 67.5 Å². The second kappa shape index (κ2) is 11.9. The van der Waals surface area contributed by atoms with Crippen LogP contribution in [0.4, 0.5) is 0 Å². The van der Waals surface area contributed by atoms with Crippen LogP contribution in [0.15, 0.2) is 176 Å². The van der Waals surface area contributed by atoms with Crippen molar-refractivity contribution in [2.75, 3.05) is 0 Å². The van der Waals surface area contributed by atoms with Crippen molar-refractivity contribution in [3.63, 3.8) is 0 Å². The highest BCUT2D eigenvalue weighted by atomic mass is 15.1. The summed E-state index contributed by atoms with van der Waals surface area (Å²) < 4.78 is 4.69. The number of nitrogens with zero attached hydrogens (tertiary/aromatic N) is 2. The Labute approximate surface area is 318 Å². The molecule has 55 heavy (non-hydrogen) atoms. The third-order valence-electron chi connectivity index (χ3n) is 11.9. The van der Waals surface area contributed by atoms with Gasteiger partial charge >= 0.3 is 0 Å². The van der Waals surface area contributed by atoms with E-state index in [2.05, 4.69) is 190 Å². The van der Waals surface area contributed by atoms with Gasteiger partial charge in [0.15, 0.2) is 0 Å². The minimum atomic E-state index is -0.470. The molecule has 4 heterocycles. The molecule has 0 aliphatic heterocycles. The van der Waals surface area contributed by atoms with E-state index in [0.717, 1.165) is 33.7 Å². The van der Waals surface area contributed by atoms with Crippen LogP contribution >= 0.6 is 0 Å². The summed E-state index contributed by atoms with van der Waals surface area (Å²) in [6.45, 7) is 2.14. The highest BCUT2D eigenvalue weighted by Crippen LogP contribution is 2.58. The standard InChI is InChI=1S/C50H37N5/c1-32-39(26-29-51)40-27-31-53-49(40)54(32)37-20-16-33(17-21-37)34-18-22-38(23-19-34)55-44-15-9-8-14-41(44)47-45(55)25-24-43-46(47)42-28-30-52-48(42)50(43,35-10-4-2-5-11-35)36-12-6-3-7-13-36/h2-31,52-53H,51H2,1H3/b29-26-. The van der Waals surface area contributed by atoms with Gasteiger partial charge in [-0.05, 0) is 101 Å². The van der Waals surface area contributed by atoms with E-state index in [4.69, 9.17) is 5.73 Å². The minimum Gasteiger partial charge on any atom is -0.405 e. The summed E-state index contributed by atoms with van der Waals surface area (Å²) in [4.78, 5) is 7.15. The van der Waals surface area contributed by atoms with E-state index in [1.165, 1.54) is 66.4 Å². The van der Waals surface area contributed by atoms with Gasteiger partial charge in [-0.2, -0.15) is 0 Å². The zero-order valence-corrected chi connectivity index (χ0v) is 30.3. The number of nitrogens with one attached hydrogen (secondary N) is 2. The molecule has 0 bridgehead atoms. The summed E-state index contributed by atoms with van der Waals surface area (Å²) in [6.07, 6.45) is 7.67. The second-order valence-electron chi connectivity index (χ2n) is 14.5. The average molecular weight is 708 g/mol. The lowest BCUT2D eigenvalue weighted by Gasteiger charge is -2.32. The van der Waals surface area contributed by atoms with E-state index >= 15 is 0 Å². The third kappa shape index (κ3) is 4.29. The monoisotopic (exact) mass is 707 g/mol. The molecular weight excluding hydrogens is 671 g/mol. The molecule has 0 fully saturated rings. The number of aromatic nitrogens is 4. The first kappa shape index (κ1) is 31.3. The van der Waals surface area contributed by atoms with E-state index in [-0.39, 0.29) is 0 Å². The highest BCUT2D eigenvalue weighted by molar-refractivity contribution is 6.18. The van der Waals surface area contributed by atoms with E-state index in [0.29, 0.717) is 0 Å². The largest absolute Gasteiger partial charge is 0.405 e. The average Bonchev–Trinajstić information content (AvgIpc) is 4.06. The van der Waals surface area contributed by atoms with Crippen LogP contribution in [0.5, 0.6) is 0 Å². The normalized spacial score (nSPS) is 13.3. The first-order valence-electron chi connectivity index (χ1n) is 18.8. The number of hydrogen-bond donors (Lipinski definition) is 3. The fraction of sp³-hybridized carbons (Fsp3) is 0.0400. The quantitative estimate of drug-likeness (QED) is 0.158. The van der Waals surface area contributed by atoms with Crippen LogP contribution in [-0.4, -0.2) is 19.1 Å². The molecule has 0 atom stereocenters. The Bertz CT molecular complexity index is 3040. The summed E-state index contributed by atoms with van der Waals surface area (Å²) in [5.41, 5.74) is 23.2. The van der Waals surface area contributed by atoms with Crippen molar-refractivity contribution >= 4 is 38.9 Å². The van der Waals surface area contributed by atoms with Gasteiger partial charge in [-0.15, -0.1) is 0 Å². The van der Waals surface area contributed by atoms with Crippen LogP contribution in [-0.2, 0) is 5.41 Å². The SMILES string of the molecule is Cc1c(/C=C\N)c2cc[nH]c2n1-c1ccc(-c2ccc(-n3c4ccccc4c4c5c(ccc43)C(c3ccccc3)(c3ccccc3)c3[nH]ccc3-5)cc2)cc1. The molecule has 0 saturated heterocycles. The van der Waals surface area contributed by atoms with Gasteiger partial charge in [-0.25, -0.2) is 0 Å². The van der Waals surface area contributed by atoms with Crippen molar-refractivity contribution < 1.29 is 0 Å². The lowest BCUT2D eigenvalue weighted by Crippen LogP contribution is -2.29. The summed E-state index contributed by atoms with van der Waals surface area (Å²) in [7, 11) is 0. The smallest absolute Gasteiger partial charge is 0.122 e. The van der Waals surface area contributed by atoms with Crippen LogP contribution in [0.3, 0.4) is 0 Å². The molecule has 5 heteroatoms. The van der Waals surface area contributed by atoms with Crippen molar-refractivity contribution in [3.8, 4) is 33.6 Å². The van der Waals surface area contributed by atoms with Crippen LogP contribution in [0.25, 0.3) is 72.5 Å². The highest BCUT2D eigenvalue weighted by Gasteiger charge is 2.48. The van der Waals surface area contributed by atoms with Crippen LogP contribution < -0.4 is 5.73 Å². The van der Waals surface area contributed by atoms with Crippen LogP contribution in [0.1, 0.15) is 33.6 Å². The molecule has 5 nitrogen and oxygen atoms in total. The van der Waals surface area contributed by atoms with Gasteiger partial charge in [0.2, 0.25) is 0 Å². The van der Waals surface area contributed by atoms with Crippen LogP contribution in [0, 0.1) is 6.92 Å². The summed E-state index contributed by atoms with van der Waals surface area (Å²) >= 11 is 0. The number of H-pyrrole nitrogens is 2. The molecule has 6 aromatic carbocycles. The van der Waals surface area contributed by atoms with Crippen molar-refractivity contribution in [2.45, 2.75) is 12.3 Å². The number of fused-ring (bicyclic) bond motifs is 8. The molecule has 262 valence electrons. The summed E-state index contributed by atoms with van der Waals surface area (Å²) in [5.74, 6) is 0. The number of rotatable bonds is 6. The Kier molecular flexibility index (Phi) is 6.76. The van der Waals surface area contributed by atoms with E-state index in [9.17, 15) is 0 Å². The molecule has 1 aliphatic rings. The molecular formula is C50H37N5. The Balaban J connectivity index is 1.05. The Hall–Kier alpha value is -7.24. The molecule has 0 amide bonds. The van der Waals surface area contributed by atoms with Gasteiger partial charge in [-0.3, -0.25) is 4.57 Å². The van der Waals surface area contributed by atoms with Gasteiger partial charge in [0.05, 0.1) is 16.4 Å².